The Bertz CT molecular complexity index is 1080. The van der Waals surface area contributed by atoms with Crippen LogP contribution in [0.3, 0.4) is 0 Å². The van der Waals surface area contributed by atoms with Gasteiger partial charge >= 0.3 is 0 Å². The smallest absolute Gasteiger partial charge is 0.228 e. The average Bonchev–Trinajstić information content (AvgIpc) is 3.17. The van der Waals surface area contributed by atoms with E-state index in [1.807, 2.05) is 66.4 Å². The number of aryl methyl sites for hydroxylation is 1. The number of piperazine rings is 1. The molecule has 2 heterocycles. The van der Waals surface area contributed by atoms with Gasteiger partial charge in [0.25, 0.3) is 0 Å². The summed E-state index contributed by atoms with van der Waals surface area (Å²) in [6.45, 7) is 4.35. The van der Waals surface area contributed by atoms with Crippen molar-refractivity contribution in [1.82, 2.24) is 14.8 Å². The molecule has 1 aliphatic heterocycles. The molecule has 0 aliphatic carbocycles. The van der Waals surface area contributed by atoms with Gasteiger partial charge in [0.1, 0.15) is 11.8 Å². The van der Waals surface area contributed by atoms with Crippen LogP contribution >= 0.6 is 15.9 Å². The van der Waals surface area contributed by atoms with Gasteiger partial charge in [0, 0.05) is 36.2 Å². The minimum atomic E-state index is -0.309. The summed E-state index contributed by atoms with van der Waals surface area (Å²) in [7, 11) is 0. The third kappa shape index (κ3) is 4.87. The zero-order valence-corrected chi connectivity index (χ0v) is 18.9. The van der Waals surface area contributed by atoms with Gasteiger partial charge in [-0.25, -0.2) is 4.98 Å². The molecule has 0 saturated carbocycles. The summed E-state index contributed by atoms with van der Waals surface area (Å²) in [6, 6.07) is 19.6. The van der Waals surface area contributed by atoms with E-state index in [9.17, 15) is 10.1 Å². The third-order valence-corrected chi connectivity index (χ3v) is 6.10. The molecule has 1 aromatic heterocycles. The fraction of sp³-hybridized carbons (Fsp3) is 0.292. The van der Waals surface area contributed by atoms with Crippen LogP contribution < -0.4 is 0 Å². The minimum absolute atomic E-state index is 0.0350. The number of hydrogen-bond acceptors (Lipinski definition) is 5. The molecule has 1 atom stereocenters. The number of halogens is 1. The summed E-state index contributed by atoms with van der Waals surface area (Å²) in [6.07, 6.45) is 0.219. The molecule has 7 heteroatoms. The number of carbonyl (C=O) groups is 1. The lowest BCUT2D eigenvalue weighted by Gasteiger charge is -2.37. The summed E-state index contributed by atoms with van der Waals surface area (Å²) in [5.41, 5.74) is 2.54. The van der Waals surface area contributed by atoms with Crippen LogP contribution in [0.4, 0.5) is 0 Å². The number of carbonyl (C=O) groups excluding carboxylic acids is 1. The molecule has 0 bridgehead atoms. The predicted molar refractivity (Wildman–Crippen MR) is 121 cm³/mol. The number of benzene rings is 2. The van der Waals surface area contributed by atoms with E-state index < -0.39 is 0 Å². The van der Waals surface area contributed by atoms with Crippen molar-refractivity contribution in [2.24, 2.45) is 0 Å². The molecule has 1 aliphatic rings. The zero-order valence-electron chi connectivity index (χ0n) is 17.3. The van der Waals surface area contributed by atoms with Crippen molar-refractivity contribution in [3.63, 3.8) is 0 Å². The second-order valence-corrected chi connectivity index (χ2v) is 8.48. The molecule has 0 unspecified atom stereocenters. The van der Waals surface area contributed by atoms with Gasteiger partial charge in [-0.3, -0.25) is 9.69 Å². The van der Waals surface area contributed by atoms with Gasteiger partial charge in [0.05, 0.1) is 18.2 Å². The SMILES string of the molecule is Cc1oc(-c2ccccc2)nc1CC(=O)N1CCN([C@H](C#N)c2ccc(Br)cc2)CC1. The van der Waals surface area contributed by atoms with Gasteiger partial charge < -0.3 is 9.32 Å². The van der Waals surface area contributed by atoms with Crippen molar-refractivity contribution in [3.05, 3.63) is 76.1 Å². The van der Waals surface area contributed by atoms with E-state index in [2.05, 4.69) is 31.9 Å². The van der Waals surface area contributed by atoms with Crippen molar-refractivity contribution in [2.75, 3.05) is 26.2 Å². The molecule has 3 aromatic rings. The molecule has 0 N–H and O–H groups in total. The quantitative estimate of drug-likeness (QED) is 0.544. The van der Waals surface area contributed by atoms with Gasteiger partial charge in [-0.15, -0.1) is 0 Å². The molecule has 6 nitrogen and oxygen atoms in total. The lowest BCUT2D eigenvalue weighted by atomic mass is 10.1. The Balaban J connectivity index is 1.37. The molecular formula is C24H23BrN4O2. The van der Waals surface area contributed by atoms with Gasteiger partial charge in [-0.2, -0.15) is 5.26 Å². The molecule has 2 aromatic carbocycles. The van der Waals surface area contributed by atoms with E-state index >= 15 is 0 Å². The summed E-state index contributed by atoms with van der Waals surface area (Å²) in [5, 5.41) is 9.70. The van der Waals surface area contributed by atoms with E-state index in [4.69, 9.17) is 4.42 Å². The lowest BCUT2D eigenvalue weighted by Crippen LogP contribution is -2.50. The van der Waals surface area contributed by atoms with Gasteiger partial charge in [-0.05, 0) is 36.8 Å². The second-order valence-electron chi connectivity index (χ2n) is 7.56. The summed E-state index contributed by atoms with van der Waals surface area (Å²) >= 11 is 3.43. The molecule has 1 amide bonds. The minimum Gasteiger partial charge on any atom is -0.441 e. The Morgan fingerprint density at radius 1 is 1.13 bits per heavy atom. The number of nitriles is 1. The topological polar surface area (TPSA) is 73.4 Å². The van der Waals surface area contributed by atoms with Crippen molar-refractivity contribution < 1.29 is 9.21 Å². The highest BCUT2D eigenvalue weighted by Gasteiger charge is 2.28. The third-order valence-electron chi connectivity index (χ3n) is 5.57. The van der Waals surface area contributed by atoms with Crippen molar-refractivity contribution in [3.8, 4) is 17.5 Å². The van der Waals surface area contributed by atoms with Gasteiger partial charge in [-0.1, -0.05) is 46.3 Å². The maximum Gasteiger partial charge on any atom is 0.228 e. The van der Waals surface area contributed by atoms with Gasteiger partial charge in [0.15, 0.2) is 0 Å². The second kappa shape index (κ2) is 9.46. The molecule has 158 valence electrons. The Morgan fingerprint density at radius 3 is 2.45 bits per heavy atom. The van der Waals surface area contributed by atoms with Crippen LogP contribution in [0.2, 0.25) is 0 Å². The molecule has 0 radical (unpaired) electrons. The monoisotopic (exact) mass is 478 g/mol. The number of rotatable bonds is 5. The number of nitrogens with zero attached hydrogens (tertiary/aromatic N) is 4. The first-order chi connectivity index (χ1) is 15.0. The Hall–Kier alpha value is -2.95. The lowest BCUT2D eigenvalue weighted by molar-refractivity contribution is -0.132. The average molecular weight is 479 g/mol. The van der Waals surface area contributed by atoms with Crippen LogP contribution in [0.1, 0.15) is 23.1 Å². The highest BCUT2D eigenvalue weighted by molar-refractivity contribution is 9.10. The van der Waals surface area contributed by atoms with E-state index in [0.717, 1.165) is 15.6 Å². The van der Waals surface area contributed by atoms with Crippen molar-refractivity contribution in [2.45, 2.75) is 19.4 Å². The van der Waals surface area contributed by atoms with Gasteiger partial charge in [0.2, 0.25) is 11.8 Å². The number of hydrogen-bond donors (Lipinski definition) is 0. The molecule has 31 heavy (non-hydrogen) atoms. The molecule has 1 saturated heterocycles. The van der Waals surface area contributed by atoms with E-state index in [-0.39, 0.29) is 18.4 Å². The first kappa shape index (κ1) is 21.3. The summed E-state index contributed by atoms with van der Waals surface area (Å²) in [5.74, 6) is 1.25. The van der Waals surface area contributed by atoms with Crippen LogP contribution in [0.15, 0.2) is 63.5 Å². The standard InChI is InChI=1S/C24H23BrN4O2/c1-17-21(27-24(31-17)19-5-3-2-4-6-19)15-23(30)29-13-11-28(12-14-29)22(16-26)18-7-9-20(25)10-8-18/h2-10,22H,11-15H2,1H3/t22-/m1/s1. The van der Waals surface area contributed by atoms with Crippen LogP contribution in [-0.2, 0) is 11.2 Å². The first-order valence-corrected chi connectivity index (χ1v) is 11.0. The summed E-state index contributed by atoms with van der Waals surface area (Å²) in [4.78, 5) is 21.4. The Labute approximate surface area is 190 Å². The zero-order chi connectivity index (χ0) is 21.8. The first-order valence-electron chi connectivity index (χ1n) is 10.2. The van der Waals surface area contributed by atoms with E-state index in [1.165, 1.54) is 0 Å². The molecule has 1 fully saturated rings. The number of aromatic nitrogens is 1. The highest BCUT2D eigenvalue weighted by atomic mass is 79.9. The largest absolute Gasteiger partial charge is 0.441 e. The summed E-state index contributed by atoms with van der Waals surface area (Å²) < 4.78 is 6.77. The Morgan fingerprint density at radius 2 is 1.81 bits per heavy atom. The number of oxazole rings is 1. The normalized spacial score (nSPS) is 15.5. The van der Waals surface area contributed by atoms with Crippen LogP contribution in [0.25, 0.3) is 11.5 Å². The fourth-order valence-electron chi connectivity index (χ4n) is 3.79. The maximum atomic E-state index is 12.9. The highest BCUT2D eigenvalue weighted by Crippen LogP contribution is 2.25. The molecular weight excluding hydrogens is 456 g/mol. The maximum absolute atomic E-state index is 12.9. The predicted octanol–water partition coefficient (Wildman–Crippen LogP) is 4.36. The van der Waals surface area contributed by atoms with E-state index in [0.29, 0.717) is 43.5 Å². The van der Waals surface area contributed by atoms with Crippen LogP contribution in [-0.4, -0.2) is 46.9 Å². The molecule has 0 spiro atoms. The van der Waals surface area contributed by atoms with Crippen LogP contribution in [0.5, 0.6) is 0 Å². The van der Waals surface area contributed by atoms with E-state index in [1.54, 1.807) is 0 Å². The van der Waals surface area contributed by atoms with Crippen molar-refractivity contribution >= 4 is 21.8 Å². The number of amides is 1. The fourth-order valence-corrected chi connectivity index (χ4v) is 4.06. The Kier molecular flexibility index (Phi) is 6.50. The van der Waals surface area contributed by atoms with Crippen LogP contribution in [0, 0.1) is 18.3 Å². The van der Waals surface area contributed by atoms with Crippen molar-refractivity contribution in [1.29, 1.82) is 5.26 Å². The molecule has 4 rings (SSSR count).